The Morgan fingerprint density at radius 2 is 0.837 bits per heavy atom. The number of rotatable bonds is 25. The van der Waals surface area contributed by atoms with E-state index in [-0.39, 0.29) is 23.8 Å². The molecule has 10 rings (SSSR count). The van der Waals surface area contributed by atoms with Crippen LogP contribution in [0, 0.1) is 12.8 Å². The first-order valence-corrected chi connectivity index (χ1v) is 29.6. The van der Waals surface area contributed by atoms with Crippen molar-refractivity contribution in [2.24, 2.45) is 16.6 Å². The van der Waals surface area contributed by atoms with E-state index in [0.717, 1.165) is 82.5 Å². The van der Waals surface area contributed by atoms with Crippen molar-refractivity contribution >= 4 is 35.0 Å². The number of methoxy groups -OCH3 is 6. The van der Waals surface area contributed by atoms with Crippen LogP contribution in [0.2, 0.25) is 0 Å². The largest absolute Gasteiger partial charge is 0.497 e. The monoisotopic (exact) mass is 1240 g/mol. The highest BCUT2D eigenvalue weighted by atomic mass is 16.5. The number of hydrogen-bond acceptors (Lipinski definition) is 19. The molecule has 0 saturated heterocycles. The average molecular weight is 1240 g/mol. The number of carbonyl (C=O) groups is 2. The third-order valence-electron chi connectivity index (χ3n) is 14.3. The Bertz CT molecular complexity index is 4070. The van der Waals surface area contributed by atoms with Crippen LogP contribution in [-0.4, -0.2) is 125 Å². The van der Waals surface area contributed by atoms with Gasteiger partial charge in [0.1, 0.15) is 40.5 Å². The van der Waals surface area contributed by atoms with E-state index in [2.05, 4.69) is 78.2 Å². The molecular weight excluding hydrogens is 1160 g/mol. The van der Waals surface area contributed by atoms with E-state index in [1.165, 1.54) is 30.9 Å². The van der Waals surface area contributed by atoms with Gasteiger partial charge < -0.3 is 50.1 Å². The molecule has 0 bridgehead atoms. The summed E-state index contributed by atoms with van der Waals surface area (Å²) in [5, 5.41) is 17.1. The summed E-state index contributed by atoms with van der Waals surface area (Å²) in [7, 11) is 9.58. The number of aromatic amines is 1. The Morgan fingerprint density at radius 3 is 1.20 bits per heavy atom. The second kappa shape index (κ2) is 33.3. The first-order valence-electron chi connectivity index (χ1n) is 29.6. The van der Waals surface area contributed by atoms with Gasteiger partial charge in [0.05, 0.1) is 59.7 Å². The van der Waals surface area contributed by atoms with E-state index >= 15 is 0 Å². The maximum atomic E-state index is 12.6. The van der Waals surface area contributed by atoms with Gasteiger partial charge >= 0.3 is 18.0 Å². The Morgan fingerprint density at radius 1 is 0.467 bits per heavy atom. The standard InChI is InChI=1S/C26H30N4O3.C23H24N6O2.C21H22N4O3/c1-17(2)18(3)28-25(31)21-8-6-7-20(15-21)23-16-24(30-26(29-23)33-5)27-14-13-19-9-11-22(32-4)12-10-19;1-15-25-22(29-28-15)18-6-4-5-17(13-18)20-14-21(27-23(26-20)31-3)24-12-11-16-7-9-19(30-2)10-8-16;1-27-17-8-6-14(7-9-17)10-11-23-19-13-18(24-21(25-19)28-2)15-4-3-5-16(12-15)20(22)26/h6-12,15-17H,13-14H2,1-5H3,(H,27,29,30);4-10,13-14H,11-12H2,1-3H3,(H,24,26,27)(H,25,28,29);3-9,12-13H,10-11H2,1-2H3,(H2,22,26)(H,23,24,25). The predicted molar refractivity (Wildman–Crippen MR) is 359 cm³/mol. The summed E-state index contributed by atoms with van der Waals surface area (Å²) in [4.78, 5) is 59.1. The molecule has 2 amide bonds. The van der Waals surface area contributed by atoms with Crippen LogP contribution < -0.4 is 50.1 Å². The lowest BCUT2D eigenvalue weighted by molar-refractivity contribution is 0.0993. The first-order chi connectivity index (χ1) is 44.6. The van der Waals surface area contributed by atoms with Crippen LogP contribution >= 0.6 is 0 Å². The van der Waals surface area contributed by atoms with Crippen LogP contribution in [0.15, 0.2) is 169 Å². The predicted octanol–water partition coefficient (Wildman–Crippen LogP) is 11.9. The molecule has 4 aromatic heterocycles. The summed E-state index contributed by atoms with van der Waals surface area (Å²) >= 11 is 0. The fourth-order valence-electron chi connectivity index (χ4n) is 8.93. The maximum Gasteiger partial charge on any atom is 0.318 e. The molecule has 0 spiro atoms. The normalized spacial score (nSPS) is 10.8. The molecule has 0 aliphatic heterocycles. The summed E-state index contributed by atoms with van der Waals surface area (Å²) < 4.78 is 31.4. The van der Waals surface area contributed by atoms with Gasteiger partial charge in [0, 0.05) is 76.9 Å². The van der Waals surface area contributed by atoms with Gasteiger partial charge in [0.25, 0.3) is 5.91 Å². The second-order valence-electron chi connectivity index (χ2n) is 21.0. The Balaban J connectivity index is 0.000000178. The topological polar surface area (TPSA) is 283 Å². The lowest BCUT2D eigenvalue weighted by Gasteiger charge is -2.10. The van der Waals surface area contributed by atoms with Crippen molar-refractivity contribution in [2.45, 2.75) is 47.0 Å². The molecule has 0 radical (unpaired) electrons. The van der Waals surface area contributed by atoms with Gasteiger partial charge in [-0.2, -0.15) is 35.0 Å². The number of benzene rings is 6. The smallest absolute Gasteiger partial charge is 0.318 e. The molecule has 0 saturated carbocycles. The van der Waals surface area contributed by atoms with Gasteiger partial charge in [-0.3, -0.25) is 14.7 Å². The minimum absolute atomic E-state index is 0.217. The van der Waals surface area contributed by atoms with E-state index in [1.54, 1.807) is 58.8 Å². The molecule has 0 atom stereocenters. The van der Waals surface area contributed by atoms with Crippen LogP contribution in [0.5, 0.6) is 35.3 Å². The number of primary amides is 1. The lowest BCUT2D eigenvalue weighted by atomic mass is 10.1. The van der Waals surface area contributed by atoms with E-state index in [0.29, 0.717) is 64.9 Å². The van der Waals surface area contributed by atoms with Crippen molar-refractivity contribution < 1.29 is 38.0 Å². The number of nitrogens with one attached hydrogen (secondary N) is 4. The molecule has 22 heteroatoms. The number of carbonyl (C=O) groups excluding carboxylic acids is 2. The maximum absolute atomic E-state index is 12.6. The van der Waals surface area contributed by atoms with Crippen molar-refractivity contribution in [3.63, 3.8) is 0 Å². The van der Waals surface area contributed by atoms with Crippen molar-refractivity contribution in [3.05, 3.63) is 197 Å². The SMILES string of the molecule is COc1ccc(CCNc2cc(-c3cccc(-c4n[nH]c(C)n4)c3)nc(OC)n2)cc1.COc1ccc(CCNc2cc(-c3cccc(C(=O)N=C(C)C(C)C)c3)nc(OC)n2)cc1.COc1ccc(CCNc2cc(-c3cccc(C(N)=O)c3)nc(OC)n2)cc1. The molecule has 0 aliphatic rings. The molecule has 10 aromatic rings. The Labute approximate surface area is 535 Å². The molecule has 474 valence electrons. The molecule has 0 fully saturated rings. The molecule has 22 nitrogen and oxygen atoms in total. The molecular formula is C70H76N14O8. The third-order valence-corrected chi connectivity index (χ3v) is 14.3. The number of nitrogens with zero attached hydrogens (tertiary/aromatic N) is 9. The van der Waals surface area contributed by atoms with Crippen molar-refractivity contribution in [1.82, 2.24) is 45.1 Å². The van der Waals surface area contributed by atoms with Crippen LogP contribution in [0.25, 0.3) is 45.2 Å². The Kier molecular flexibility index (Phi) is 24.2. The fourth-order valence-corrected chi connectivity index (χ4v) is 8.93. The summed E-state index contributed by atoms with van der Waals surface area (Å²) in [6.45, 7) is 9.87. The molecule has 6 aromatic carbocycles. The lowest BCUT2D eigenvalue weighted by Crippen LogP contribution is -2.11. The number of ether oxygens (including phenoxy) is 6. The van der Waals surface area contributed by atoms with E-state index < -0.39 is 5.91 Å². The van der Waals surface area contributed by atoms with E-state index in [4.69, 9.17) is 34.2 Å². The molecule has 92 heavy (non-hydrogen) atoms. The molecule has 6 N–H and O–H groups in total. The van der Waals surface area contributed by atoms with Gasteiger partial charge in [-0.25, -0.2) is 9.98 Å². The van der Waals surface area contributed by atoms with Gasteiger partial charge in [-0.1, -0.05) is 92.7 Å². The highest BCUT2D eigenvalue weighted by Gasteiger charge is 2.15. The Hall–Kier alpha value is -11.3. The number of aryl methyl sites for hydroxylation is 1. The zero-order valence-corrected chi connectivity index (χ0v) is 53.3. The summed E-state index contributed by atoms with van der Waals surface area (Å²) in [5.41, 5.74) is 16.1. The highest BCUT2D eigenvalue weighted by molar-refractivity contribution is 6.04. The minimum Gasteiger partial charge on any atom is -0.497 e. The van der Waals surface area contributed by atoms with Gasteiger partial charge in [-0.15, -0.1) is 0 Å². The van der Waals surface area contributed by atoms with Crippen LogP contribution in [0.3, 0.4) is 0 Å². The van der Waals surface area contributed by atoms with Crippen molar-refractivity contribution in [2.75, 3.05) is 78.2 Å². The molecule has 0 unspecified atom stereocenters. The van der Waals surface area contributed by atoms with Crippen molar-refractivity contribution in [3.8, 4) is 80.4 Å². The highest BCUT2D eigenvalue weighted by Crippen LogP contribution is 2.29. The second-order valence-corrected chi connectivity index (χ2v) is 21.0. The fraction of sp³-hybridized carbons (Fsp3) is 0.243. The zero-order valence-electron chi connectivity index (χ0n) is 53.3. The van der Waals surface area contributed by atoms with Crippen LogP contribution in [0.4, 0.5) is 17.5 Å². The number of H-pyrrole nitrogens is 1. The first kappa shape index (κ1) is 66.7. The number of anilines is 3. The van der Waals surface area contributed by atoms with Crippen molar-refractivity contribution in [1.29, 1.82) is 0 Å². The van der Waals surface area contributed by atoms with Gasteiger partial charge in [0.2, 0.25) is 5.91 Å². The van der Waals surface area contributed by atoms with E-state index in [9.17, 15) is 9.59 Å². The van der Waals surface area contributed by atoms with Gasteiger partial charge in [-0.05, 0) is 122 Å². The number of aliphatic imine (C=N–C) groups is 1. The number of hydrogen-bond donors (Lipinski definition) is 5. The van der Waals surface area contributed by atoms with Crippen LogP contribution in [0.1, 0.15) is 64.0 Å². The minimum atomic E-state index is -0.485. The summed E-state index contributed by atoms with van der Waals surface area (Å²) in [6, 6.07) is 52.5. The van der Waals surface area contributed by atoms with E-state index in [1.807, 2.05) is 149 Å². The third kappa shape index (κ3) is 19.6. The zero-order chi connectivity index (χ0) is 65.4. The quantitative estimate of drug-likeness (QED) is 0.0332. The average Bonchev–Trinajstić information content (AvgIpc) is 1.26. The number of nitrogens with two attached hydrogens (primary N) is 1. The number of amides is 2. The van der Waals surface area contributed by atoms with Crippen LogP contribution in [-0.2, 0) is 19.3 Å². The number of aromatic nitrogens is 9. The summed E-state index contributed by atoms with van der Waals surface area (Å²) in [6.07, 6.45) is 2.50. The van der Waals surface area contributed by atoms with Gasteiger partial charge in [0.15, 0.2) is 5.82 Å². The summed E-state index contributed by atoms with van der Waals surface area (Å²) in [5.74, 6) is 5.40. The molecule has 4 heterocycles. The molecule has 0 aliphatic carbocycles.